The van der Waals surface area contributed by atoms with Crippen molar-refractivity contribution in [2.45, 2.75) is 4.90 Å². The zero-order chi connectivity index (χ0) is 13.2. The van der Waals surface area contributed by atoms with Crippen molar-refractivity contribution in [2.75, 3.05) is 19.8 Å². The molecule has 98 valence electrons. The van der Waals surface area contributed by atoms with Crippen molar-refractivity contribution in [3.8, 4) is 11.5 Å². The van der Waals surface area contributed by atoms with Crippen LogP contribution in [0.4, 0.5) is 0 Å². The molecule has 5 nitrogen and oxygen atoms in total. The summed E-state index contributed by atoms with van der Waals surface area (Å²) in [5.74, 6) is 1.01. The first-order chi connectivity index (χ1) is 8.49. The van der Waals surface area contributed by atoms with Crippen LogP contribution in [0.25, 0.3) is 0 Å². The number of hydrogen-bond donors (Lipinski definition) is 1. The Morgan fingerprint density at radius 2 is 2.00 bits per heavy atom. The molecule has 0 atom stereocenters. The van der Waals surface area contributed by atoms with Gasteiger partial charge in [0.1, 0.15) is 13.2 Å². The Morgan fingerprint density at radius 3 is 2.67 bits per heavy atom. The molecule has 1 N–H and O–H groups in total. The van der Waals surface area contributed by atoms with Gasteiger partial charge < -0.3 is 9.47 Å². The summed E-state index contributed by atoms with van der Waals surface area (Å²) < 4.78 is 37.5. The minimum absolute atomic E-state index is 0.136. The highest BCUT2D eigenvalue weighted by molar-refractivity contribution is 9.11. The molecule has 0 spiro atoms. The van der Waals surface area contributed by atoms with Crippen LogP contribution in [0.1, 0.15) is 0 Å². The van der Waals surface area contributed by atoms with Crippen LogP contribution in [0, 0.1) is 0 Å². The second kappa shape index (κ2) is 5.29. The Hall–Kier alpha value is -1.05. The fourth-order valence-electron chi connectivity index (χ4n) is 1.45. The van der Waals surface area contributed by atoms with E-state index < -0.39 is 10.0 Å². The van der Waals surface area contributed by atoms with Gasteiger partial charge >= 0.3 is 0 Å². The van der Waals surface area contributed by atoms with E-state index in [4.69, 9.17) is 9.47 Å². The van der Waals surface area contributed by atoms with Gasteiger partial charge in [-0.25, -0.2) is 13.1 Å². The summed E-state index contributed by atoms with van der Waals surface area (Å²) in [6.07, 6.45) is 0. The molecule has 1 heterocycles. The van der Waals surface area contributed by atoms with Gasteiger partial charge in [-0.2, -0.15) is 0 Å². The molecule has 2 rings (SSSR count). The first-order valence-electron chi connectivity index (χ1n) is 5.21. The second-order valence-corrected chi connectivity index (χ2v) is 6.54. The van der Waals surface area contributed by atoms with Crippen LogP contribution in [0.15, 0.2) is 34.2 Å². The summed E-state index contributed by atoms with van der Waals surface area (Å²) in [4.78, 5) is 0.139. The molecule has 0 radical (unpaired) electrons. The molecule has 0 unspecified atom stereocenters. The van der Waals surface area contributed by atoms with Crippen LogP contribution in [0.5, 0.6) is 11.5 Å². The fraction of sp³-hybridized carbons (Fsp3) is 0.273. The molecular weight excluding hydrogens is 322 g/mol. The van der Waals surface area contributed by atoms with Gasteiger partial charge in [0, 0.05) is 17.1 Å². The van der Waals surface area contributed by atoms with Crippen LogP contribution in [0.2, 0.25) is 0 Å². The lowest BCUT2D eigenvalue weighted by Crippen LogP contribution is -2.25. The van der Waals surface area contributed by atoms with Gasteiger partial charge in [0.25, 0.3) is 0 Å². The molecule has 0 bridgehead atoms. The van der Waals surface area contributed by atoms with Crippen molar-refractivity contribution in [1.29, 1.82) is 0 Å². The molecule has 1 aliphatic rings. The lowest BCUT2D eigenvalue weighted by atomic mass is 10.3. The first-order valence-corrected chi connectivity index (χ1v) is 7.49. The lowest BCUT2D eigenvalue weighted by Gasteiger charge is -2.18. The summed E-state index contributed by atoms with van der Waals surface area (Å²) in [5, 5.41) is 0. The van der Waals surface area contributed by atoms with E-state index in [1.165, 1.54) is 12.1 Å². The third-order valence-electron chi connectivity index (χ3n) is 2.28. The first kappa shape index (κ1) is 13.4. The minimum Gasteiger partial charge on any atom is -0.486 e. The summed E-state index contributed by atoms with van der Waals surface area (Å²) in [7, 11) is -3.57. The van der Waals surface area contributed by atoms with Gasteiger partial charge in [0.05, 0.1) is 4.90 Å². The van der Waals surface area contributed by atoms with Crippen molar-refractivity contribution in [2.24, 2.45) is 0 Å². The third kappa shape index (κ3) is 3.04. The maximum absolute atomic E-state index is 12.0. The quantitative estimate of drug-likeness (QED) is 0.909. The molecule has 18 heavy (non-hydrogen) atoms. The maximum atomic E-state index is 12.0. The Bertz CT molecular complexity index is 570. The summed E-state index contributed by atoms with van der Waals surface area (Å²) in [5.41, 5.74) is 0. The van der Waals surface area contributed by atoms with E-state index in [2.05, 4.69) is 27.2 Å². The van der Waals surface area contributed by atoms with Crippen molar-refractivity contribution >= 4 is 26.0 Å². The summed E-state index contributed by atoms with van der Waals surface area (Å²) >= 11 is 3.09. The molecule has 1 aromatic carbocycles. The smallest absolute Gasteiger partial charge is 0.241 e. The van der Waals surface area contributed by atoms with Crippen LogP contribution in [-0.2, 0) is 10.0 Å². The molecule has 0 saturated heterocycles. The predicted octanol–water partition coefficient (Wildman–Crippen LogP) is 1.64. The molecule has 0 aromatic heterocycles. The summed E-state index contributed by atoms with van der Waals surface area (Å²) in [6, 6.07) is 4.52. The highest BCUT2D eigenvalue weighted by atomic mass is 79.9. The number of hydrogen-bond acceptors (Lipinski definition) is 4. The van der Waals surface area contributed by atoms with Crippen LogP contribution >= 0.6 is 15.9 Å². The number of fused-ring (bicyclic) bond motifs is 1. The number of ether oxygens (including phenoxy) is 2. The number of nitrogens with one attached hydrogen (secondary N) is 1. The minimum atomic E-state index is -3.57. The Labute approximate surface area is 114 Å². The summed E-state index contributed by atoms with van der Waals surface area (Å²) in [6.45, 7) is 4.59. The van der Waals surface area contributed by atoms with Gasteiger partial charge in [-0.05, 0) is 12.1 Å². The van der Waals surface area contributed by atoms with Crippen molar-refractivity contribution in [3.63, 3.8) is 0 Å². The maximum Gasteiger partial charge on any atom is 0.241 e. The van der Waals surface area contributed by atoms with Crippen LogP contribution in [-0.4, -0.2) is 28.2 Å². The van der Waals surface area contributed by atoms with E-state index in [1.54, 1.807) is 6.07 Å². The number of rotatable bonds is 4. The van der Waals surface area contributed by atoms with E-state index in [0.29, 0.717) is 29.2 Å². The zero-order valence-electron chi connectivity index (χ0n) is 9.48. The Balaban J connectivity index is 2.25. The highest BCUT2D eigenvalue weighted by Gasteiger charge is 2.18. The van der Waals surface area contributed by atoms with Gasteiger partial charge in [0.15, 0.2) is 11.5 Å². The van der Waals surface area contributed by atoms with E-state index >= 15 is 0 Å². The Morgan fingerprint density at radius 1 is 1.33 bits per heavy atom. The normalized spacial score (nSPS) is 14.3. The largest absolute Gasteiger partial charge is 0.486 e. The van der Waals surface area contributed by atoms with E-state index in [0.717, 1.165) is 0 Å². The molecule has 0 saturated carbocycles. The molecule has 1 aliphatic heterocycles. The lowest BCUT2D eigenvalue weighted by molar-refractivity contribution is 0.171. The van der Waals surface area contributed by atoms with Crippen molar-refractivity contribution in [1.82, 2.24) is 4.72 Å². The number of benzene rings is 1. The molecule has 7 heteroatoms. The topological polar surface area (TPSA) is 64.6 Å². The van der Waals surface area contributed by atoms with Gasteiger partial charge in [-0.15, -0.1) is 0 Å². The van der Waals surface area contributed by atoms with Crippen LogP contribution in [0.3, 0.4) is 0 Å². The standard InChI is InChI=1S/C11H12BrNO4S/c1-8(12)7-13-18(14,15)9-2-3-10-11(6-9)17-5-4-16-10/h2-3,6,13H,1,4-5,7H2. The van der Waals surface area contributed by atoms with Crippen molar-refractivity contribution < 1.29 is 17.9 Å². The molecule has 0 aliphatic carbocycles. The monoisotopic (exact) mass is 333 g/mol. The number of sulfonamides is 1. The average Bonchev–Trinajstić information content (AvgIpc) is 2.36. The highest BCUT2D eigenvalue weighted by Crippen LogP contribution is 2.32. The van der Waals surface area contributed by atoms with Crippen molar-refractivity contribution in [3.05, 3.63) is 29.3 Å². The van der Waals surface area contributed by atoms with E-state index in [9.17, 15) is 8.42 Å². The van der Waals surface area contributed by atoms with Gasteiger partial charge in [0.2, 0.25) is 10.0 Å². The third-order valence-corrected chi connectivity index (χ3v) is 3.96. The fourth-order valence-corrected chi connectivity index (χ4v) is 2.81. The zero-order valence-corrected chi connectivity index (χ0v) is 11.9. The van der Waals surface area contributed by atoms with Crippen LogP contribution < -0.4 is 14.2 Å². The van der Waals surface area contributed by atoms with Gasteiger partial charge in [-0.1, -0.05) is 22.5 Å². The molecule has 0 amide bonds. The van der Waals surface area contributed by atoms with E-state index in [1.807, 2.05) is 0 Å². The predicted molar refractivity (Wildman–Crippen MR) is 70.7 cm³/mol. The van der Waals surface area contributed by atoms with Gasteiger partial charge in [-0.3, -0.25) is 0 Å². The SMILES string of the molecule is C=C(Br)CNS(=O)(=O)c1ccc2c(c1)OCCO2. The molecular formula is C11H12BrNO4S. The molecule has 0 fully saturated rings. The Kier molecular flexibility index (Phi) is 3.94. The average molecular weight is 334 g/mol. The molecule has 1 aromatic rings. The number of halogens is 1. The van der Waals surface area contributed by atoms with E-state index in [-0.39, 0.29) is 11.4 Å². The second-order valence-electron chi connectivity index (χ2n) is 3.65.